The predicted molar refractivity (Wildman–Crippen MR) is 122 cm³/mol. The van der Waals surface area contributed by atoms with Crippen LogP contribution >= 0.6 is 0 Å². The Kier molecular flexibility index (Phi) is 6.90. The quantitative estimate of drug-likeness (QED) is 0.405. The van der Waals surface area contributed by atoms with Gasteiger partial charge in [0, 0.05) is 12.5 Å². The Bertz CT molecular complexity index is 1170. The van der Waals surface area contributed by atoms with E-state index in [1.807, 2.05) is 48.5 Å². The summed E-state index contributed by atoms with van der Waals surface area (Å²) in [5.74, 6) is -2.05. The second kappa shape index (κ2) is 10.0. The molecular formula is C26H24FNO6. The fourth-order valence-corrected chi connectivity index (χ4v) is 4.25. The zero-order chi connectivity index (χ0) is 24.2. The molecule has 1 aliphatic rings. The van der Waals surface area contributed by atoms with E-state index in [1.54, 1.807) is 0 Å². The first-order valence-corrected chi connectivity index (χ1v) is 10.8. The summed E-state index contributed by atoms with van der Waals surface area (Å²) in [6.45, 7) is -0.210. The van der Waals surface area contributed by atoms with Gasteiger partial charge in [0.1, 0.15) is 24.6 Å². The van der Waals surface area contributed by atoms with Crippen LogP contribution in [0.3, 0.4) is 0 Å². The standard InChI is InChI=1S/C26H24FNO6/c27-22-10-9-15(11-16(22)12-24(30)31)25(32)23(29)13-28-26(33)34-14-21-19-7-3-1-5-17(19)18-6-2-4-8-20(18)21/h1-11,21,23,25,29,32H,12-14H2,(H,28,33)(H,30,31). The van der Waals surface area contributed by atoms with Crippen molar-refractivity contribution in [3.8, 4) is 11.1 Å². The highest BCUT2D eigenvalue weighted by Crippen LogP contribution is 2.44. The number of carbonyl (C=O) groups is 2. The van der Waals surface area contributed by atoms with Crippen molar-refractivity contribution in [2.75, 3.05) is 13.2 Å². The van der Waals surface area contributed by atoms with Crippen molar-refractivity contribution in [3.05, 3.63) is 94.8 Å². The van der Waals surface area contributed by atoms with E-state index in [9.17, 15) is 24.2 Å². The molecule has 0 bridgehead atoms. The van der Waals surface area contributed by atoms with Gasteiger partial charge in [-0.05, 0) is 45.5 Å². The number of amides is 1. The molecule has 34 heavy (non-hydrogen) atoms. The molecule has 0 aromatic heterocycles. The first-order chi connectivity index (χ1) is 16.3. The molecular weight excluding hydrogens is 441 g/mol. The van der Waals surface area contributed by atoms with Gasteiger partial charge in [0.15, 0.2) is 0 Å². The van der Waals surface area contributed by atoms with E-state index >= 15 is 0 Å². The summed E-state index contributed by atoms with van der Waals surface area (Å²) in [7, 11) is 0. The largest absolute Gasteiger partial charge is 0.481 e. The van der Waals surface area contributed by atoms with Crippen LogP contribution in [0.15, 0.2) is 66.7 Å². The second-order valence-corrected chi connectivity index (χ2v) is 8.14. The van der Waals surface area contributed by atoms with E-state index in [4.69, 9.17) is 9.84 Å². The van der Waals surface area contributed by atoms with Crippen LogP contribution in [-0.2, 0) is 16.0 Å². The van der Waals surface area contributed by atoms with Crippen molar-refractivity contribution in [1.82, 2.24) is 5.32 Å². The average Bonchev–Trinajstić information content (AvgIpc) is 3.15. The molecule has 8 heteroatoms. The number of benzene rings is 3. The highest BCUT2D eigenvalue weighted by molar-refractivity contribution is 5.79. The first kappa shape index (κ1) is 23.4. The molecule has 4 N–H and O–H groups in total. The molecule has 0 saturated carbocycles. The molecule has 7 nitrogen and oxygen atoms in total. The molecule has 0 saturated heterocycles. The van der Waals surface area contributed by atoms with Crippen LogP contribution in [0.25, 0.3) is 11.1 Å². The second-order valence-electron chi connectivity index (χ2n) is 8.14. The van der Waals surface area contributed by atoms with Crippen LogP contribution in [0.2, 0.25) is 0 Å². The third-order valence-corrected chi connectivity index (χ3v) is 5.92. The number of fused-ring (bicyclic) bond motifs is 3. The van der Waals surface area contributed by atoms with Crippen molar-refractivity contribution in [2.45, 2.75) is 24.5 Å². The van der Waals surface area contributed by atoms with Crippen LogP contribution in [0.4, 0.5) is 9.18 Å². The number of aliphatic carboxylic acids is 1. The van der Waals surface area contributed by atoms with Gasteiger partial charge in [0.2, 0.25) is 0 Å². The summed E-state index contributed by atoms with van der Waals surface area (Å²) in [4.78, 5) is 23.1. The molecule has 0 radical (unpaired) electrons. The van der Waals surface area contributed by atoms with Crippen LogP contribution < -0.4 is 5.32 Å². The first-order valence-electron chi connectivity index (χ1n) is 10.8. The van der Waals surface area contributed by atoms with Gasteiger partial charge in [-0.25, -0.2) is 9.18 Å². The van der Waals surface area contributed by atoms with E-state index < -0.39 is 36.5 Å². The Labute approximate surface area is 195 Å². The highest BCUT2D eigenvalue weighted by Gasteiger charge is 2.29. The Hall–Kier alpha value is -3.75. The van der Waals surface area contributed by atoms with Crippen molar-refractivity contribution < 1.29 is 34.0 Å². The van der Waals surface area contributed by atoms with Gasteiger partial charge in [-0.15, -0.1) is 0 Å². The minimum Gasteiger partial charge on any atom is -0.481 e. The van der Waals surface area contributed by atoms with Gasteiger partial charge in [-0.2, -0.15) is 0 Å². The van der Waals surface area contributed by atoms with Gasteiger partial charge >= 0.3 is 12.1 Å². The van der Waals surface area contributed by atoms with Crippen LogP contribution in [0.5, 0.6) is 0 Å². The van der Waals surface area contributed by atoms with Crippen molar-refractivity contribution in [3.63, 3.8) is 0 Å². The van der Waals surface area contributed by atoms with Gasteiger partial charge in [-0.3, -0.25) is 4.79 Å². The number of aliphatic hydroxyl groups excluding tert-OH is 2. The SMILES string of the molecule is O=C(O)Cc1cc(C(O)C(O)CNC(=O)OCC2c3ccccc3-c3ccccc32)ccc1F. The maximum absolute atomic E-state index is 13.8. The number of aliphatic hydroxyl groups is 2. The third-order valence-electron chi connectivity index (χ3n) is 5.92. The molecule has 0 heterocycles. The van der Waals surface area contributed by atoms with Gasteiger partial charge < -0.3 is 25.4 Å². The molecule has 2 atom stereocenters. The summed E-state index contributed by atoms with van der Waals surface area (Å²) in [6.07, 6.45) is -4.18. The number of carbonyl (C=O) groups excluding carboxylic acids is 1. The molecule has 176 valence electrons. The number of hydrogen-bond donors (Lipinski definition) is 4. The third kappa shape index (κ3) is 4.93. The van der Waals surface area contributed by atoms with Crippen molar-refractivity contribution in [1.29, 1.82) is 0 Å². The highest BCUT2D eigenvalue weighted by atomic mass is 19.1. The zero-order valence-corrected chi connectivity index (χ0v) is 18.1. The van der Waals surface area contributed by atoms with E-state index in [0.717, 1.165) is 28.3 Å². The van der Waals surface area contributed by atoms with Gasteiger partial charge in [0.25, 0.3) is 0 Å². The fourth-order valence-electron chi connectivity index (χ4n) is 4.25. The van der Waals surface area contributed by atoms with Crippen molar-refractivity contribution in [2.24, 2.45) is 0 Å². The van der Waals surface area contributed by atoms with Gasteiger partial charge in [-0.1, -0.05) is 54.6 Å². The van der Waals surface area contributed by atoms with E-state index in [-0.39, 0.29) is 30.2 Å². The molecule has 0 fully saturated rings. The van der Waals surface area contributed by atoms with E-state index in [2.05, 4.69) is 5.32 Å². The summed E-state index contributed by atoms with van der Waals surface area (Å²) in [6, 6.07) is 19.3. The monoisotopic (exact) mass is 465 g/mol. The summed E-state index contributed by atoms with van der Waals surface area (Å²) >= 11 is 0. The number of carboxylic acids is 1. The van der Waals surface area contributed by atoms with Crippen LogP contribution in [-0.4, -0.2) is 46.6 Å². The molecule has 3 aromatic rings. The molecule has 4 rings (SSSR count). The Morgan fingerprint density at radius 1 is 0.971 bits per heavy atom. The normalized spacial score (nSPS) is 14.1. The lowest BCUT2D eigenvalue weighted by Crippen LogP contribution is -2.36. The maximum Gasteiger partial charge on any atom is 0.407 e. The molecule has 0 aliphatic heterocycles. The minimum absolute atomic E-state index is 0.106. The Balaban J connectivity index is 1.34. The number of ether oxygens (including phenoxy) is 1. The maximum atomic E-state index is 13.8. The molecule has 2 unspecified atom stereocenters. The smallest absolute Gasteiger partial charge is 0.407 e. The van der Waals surface area contributed by atoms with Crippen LogP contribution in [0.1, 0.15) is 34.3 Å². The number of nitrogens with one attached hydrogen (secondary N) is 1. The van der Waals surface area contributed by atoms with Crippen LogP contribution in [0, 0.1) is 5.82 Å². The number of halogens is 1. The van der Waals surface area contributed by atoms with Gasteiger partial charge in [0.05, 0.1) is 6.42 Å². The summed E-state index contributed by atoms with van der Waals surface area (Å²) < 4.78 is 19.2. The topological polar surface area (TPSA) is 116 Å². The molecule has 0 spiro atoms. The Morgan fingerprint density at radius 2 is 1.59 bits per heavy atom. The lowest BCUT2D eigenvalue weighted by molar-refractivity contribution is -0.136. The number of carboxylic acid groups (broad SMARTS) is 1. The predicted octanol–water partition coefficient (Wildman–Crippen LogP) is 3.39. The number of rotatable bonds is 8. The lowest BCUT2D eigenvalue weighted by atomic mass is 9.98. The zero-order valence-electron chi connectivity index (χ0n) is 18.1. The Morgan fingerprint density at radius 3 is 2.21 bits per heavy atom. The van der Waals surface area contributed by atoms with Crippen molar-refractivity contribution >= 4 is 12.1 Å². The molecule has 1 aliphatic carbocycles. The minimum atomic E-state index is -1.46. The van der Waals surface area contributed by atoms with E-state index in [1.165, 1.54) is 12.1 Å². The summed E-state index contributed by atoms with van der Waals surface area (Å²) in [5, 5.41) is 31.9. The van der Waals surface area contributed by atoms with E-state index in [0.29, 0.717) is 0 Å². The molecule has 3 aromatic carbocycles. The molecule has 1 amide bonds. The lowest BCUT2D eigenvalue weighted by Gasteiger charge is -2.20. The average molecular weight is 465 g/mol. The number of hydrogen-bond acceptors (Lipinski definition) is 5. The fraction of sp³-hybridized carbons (Fsp3) is 0.231. The summed E-state index contributed by atoms with van der Waals surface area (Å²) in [5.41, 5.74) is 4.38. The number of alkyl carbamates (subject to hydrolysis) is 1.